The first kappa shape index (κ1) is 14.6. The van der Waals surface area contributed by atoms with Crippen molar-refractivity contribution in [3.05, 3.63) is 34.9 Å². The molecule has 2 amide bonds. The van der Waals surface area contributed by atoms with Gasteiger partial charge in [-0.25, -0.2) is 4.79 Å². The monoisotopic (exact) mass is 248 g/mol. The molecule has 0 saturated carbocycles. The van der Waals surface area contributed by atoms with Crippen LogP contribution in [0.2, 0.25) is 0 Å². The average Bonchev–Trinajstić information content (AvgIpc) is 2.82. The standard InChI is InChI=1S/C13H18N2O.C2H6/c1-4-10-5-6-11-8-15(9-12(11)7-10)13(16)14(2)3;1-2/h5-7H,4,8-9H2,1-3H3;1-2H3. The van der Waals surface area contributed by atoms with Crippen molar-refractivity contribution in [1.82, 2.24) is 9.80 Å². The van der Waals surface area contributed by atoms with Crippen molar-refractivity contribution in [3.63, 3.8) is 0 Å². The highest BCUT2D eigenvalue weighted by molar-refractivity contribution is 5.74. The van der Waals surface area contributed by atoms with Crippen molar-refractivity contribution in [2.24, 2.45) is 0 Å². The van der Waals surface area contributed by atoms with E-state index < -0.39 is 0 Å². The minimum absolute atomic E-state index is 0.0919. The summed E-state index contributed by atoms with van der Waals surface area (Å²) in [5.41, 5.74) is 3.93. The molecule has 3 heteroatoms. The van der Waals surface area contributed by atoms with Crippen molar-refractivity contribution >= 4 is 6.03 Å². The second-order valence-corrected chi connectivity index (χ2v) is 4.49. The summed E-state index contributed by atoms with van der Waals surface area (Å²) in [4.78, 5) is 15.3. The third-order valence-electron chi connectivity index (χ3n) is 3.05. The molecular weight excluding hydrogens is 224 g/mol. The lowest BCUT2D eigenvalue weighted by atomic mass is 10.1. The van der Waals surface area contributed by atoms with Crippen LogP contribution in [-0.2, 0) is 19.5 Å². The Labute approximate surface area is 110 Å². The van der Waals surface area contributed by atoms with Gasteiger partial charge in [0, 0.05) is 27.2 Å². The van der Waals surface area contributed by atoms with Crippen LogP contribution < -0.4 is 0 Å². The van der Waals surface area contributed by atoms with Gasteiger partial charge in [0.25, 0.3) is 0 Å². The summed E-state index contributed by atoms with van der Waals surface area (Å²) in [5, 5.41) is 0. The number of carbonyl (C=O) groups excluding carboxylic acids is 1. The van der Waals surface area contributed by atoms with E-state index in [4.69, 9.17) is 0 Å². The molecule has 0 aliphatic carbocycles. The van der Waals surface area contributed by atoms with Gasteiger partial charge in [-0.15, -0.1) is 0 Å². The van der Waals surface area contributed by atoms with Gasteiger partial charge in [-0.05, 0) is 23.1 Å². The summed E-state index contributed by atoms with van der Waals surface area (Å²) >= 11 is 0. The Morgan fingerprint density at radius 1 is 1.22 bits per heavy atom. The summed E-state index contributed by atoms with van der Waals surface area (Å²) in [6.07, 6.45) is 1.05. The van der Waals surface area contributed by atoms with Crippen molar-refractivity contribution in [2.45, 2.75) is 40.3 Å². The molecule has 18 heavy (non-hydrogen) atoms. The van der Waals surface area contributed by atoms with Gasteiger partial charge in [0.15, 0.2) is 0 Å². The van der Waals surface area contributed by atoms with Crippen LogP contribution in [0, 0.1) is 0 Å². The van der Waals surface area contributed by atoms with Crippen LogP contribution in [0.4, 0.5) is 4.79 Å². The molecule has 1 aliphatic heterocycles. The number of nitrogens with zero attached hydrogens (tertiary/aromatic N) is 2. The molecule has 0 unspecified atom stereocenters. The van der Waals surface area contributed by atoms with E-state index in [2.05, 4.69) is 25.1 Å². The molecule has 0 N–H and O–H groups in total. The lowest BCUT2D eigenvalue weighted by molar-refractivity contribution is 0.171. The topological polar surface area (TPSA) is 23.6 Å². The molecule has 0 saturated heterocycles. The Bertz CT molecular complexity index is 413. The molecule has 0 aromatic heterocycles. The third-order valence-corrected chi connectivity index (χ3v) is 3.05. The molecule has 0 atom stereocenters. The van der Waals surface area contributed by atoms with Crippen LogP contribution in [-0.4, -0.2) is 29.9 Å². The predicted molar refractivity (Wildman–Crippen MR) is 75.5 cm³/mol. The van der Waals surface area contributed by atoms with E-state index in [1.165, 1.54) is 16.7 Å². The van der Waals surface area contributed by atoms with E-state index in [0.717, 1.165) is 19.5 Å². The maximum Gasteiger partial charge on any atom is 0.320 e. The van der Waals surface area contributed by atoms with Crippen LogP contribution in [0.1, 0.15) is 37.5 Å². The summed E-state index contributed by atoms with van der Waals surface area (Å²) in [6.45, 7) is 7.65. The molecule has 1 aromatic carbocycles. The largest absolute Gasteiger partial charge is 0.331 e. The molecule has 0 fully saturated rings. The second kappa shape index (κ2) is 6.43. The molecule has 1 aliphatic rings. The van der Waals surface area contributed by atoms with Gasteiger partial charge in [0.05, 0.1) is 0 Å². The molecule has 1 aromatic rings. The smallest absolute Gasteiger partial charge is 0.320 e. The van der Waals surface area contributed by atoms with Crippen LogP contribution in [0.15, 0.2) is 18.2 Å². The van der Waals surface area contributed by atoms with E-state index in [9.17, 15) is 4.79 Å². The van der Waals surface area contributed by atoms with Crippen molar-refractivity contribution in [1.29, 1.82) is 0 Å². The highest BCUT2D eigenvalue weighted by atomic mass is 16.2. The molecule has 0 spiro atoms. The number of rotatable bonds is 1. The van der Waals surface area contributed by atoms with Crippen LogP contribution in [0.3, 0.4) is 0 Å². The predicted octanol–water partition coefficient (Wildman–Crippen LogP) is 3.27. The van der Waals surface area contributed by atoms with E-state index in [1.807, 2.05) is 18.7 Å². The van der Waals surface area contributed by atoms with Gasteiger partial charge < -0.3 is 9.80 Å². The molecule has 0 bridgehead atoms. The zero-order valence-corrected chi connectivity index (χ0v) is 12.2. The molecule has 3 nitrogen and oxygen atoms in total. The molecule has 1 heterocycles. The zero-order valence-electron chi connectivity index (χ0n) is 12.2. The second-order valence-electron chi connectivity index (χ2n) is 4.49. The highest BCUT2D eigenvalue weighted by Gasteiger charge is 2.24. The van der Waals surface area contributed by atoms with Crippen molar-refractivity contribution in [2.75, 3.05) is 14.1 Å². The fraction of sp³-hybridized carbons (Fsp3) is 0.533. The minimum atomic E-state index is 0.0919. The molecule has 2 rings (SSSR count). The van der Waals surface area contributed by atoms with Gasteiger partial charge in [-0.1, -0.05) is 39.0 Å². The number of hydrogen-bond acceptors (Lipinski definition) is 1. The van der Waals surface area contributed by atoms with Gasteiger partial charge in [0.2, 0.25) is 0 Å². The number of amides is 2. The Morgan fingerprint density at radius 2 is 1.83 bits per heavy atom. The number of hydrogen-bond donors (Lipinski definition) is 0. The number of urea groups is 1. The number of carbonyl (C=O) groups is 1. The van der Waals surface area contributed by atoms with E-state index in [0.29, 0.717) is 0 Å². The van der Waals surface area contributed by atoms with Crippen LogP contribution in [0.25, 0.3) is 0 Å². The Morgan fingerprint density at radius 3 is 2.39 bits per heavy atom. The first-order valence-corrected chi connectivity index (χ1v) is 6.68. The Hall–Kier alpha value is -1.51. The first-order chi connectivity index (χ1) is 8.61. The Balaban J connectivity index is 0.000000771. The lowest BCUT2D eigenvalue weighted by Gasteiger charge is -2.20. The SMILES string of the molecule is CC.CCc1ccc2c(c1)CN(C(=O)N(C)C)C2. The number of fused-ring (bicyclic) bond motifs is 1. The van der Waals surface area contributed by atoms with Crippen LogP contribution >= 0.6 is 0 Å². The van der Waals surface area contributed by atoms with Gasteiger partial charge in [-0.2, -0.15) is 0 Å². The molecular formula is C15H24N2O. The van der Waals surface area contributed by atoms with Gasteiger partial charge in [0.1, 0.15) is 0 Å². The normalized spacial score (nSPS) is 12.6. The summed E-state index contributed by atoms with van der Waals surface area (Å²) in [6, 6.07) is 6.62. The van der Waals surface area contributed by atoms with Gasteiger partial charge in [-0.3, -0.25) is 0 Å². The minimum Gasteiger partial charge on any atom is -0.331 e. The molecule has 100 valence electrons. The average molecular weight is 248 g/mol. The van der Waals surface area contributed by atoms with Crippen molar-refractivity contribution < 1.29 is 4.79 Å². The Kier molecular flexibility index (Phi) is 5.20. The summed E-state index contributed by atoms with van der Waals surface area (Å²) < 4.78 is 0. The summed E-state index contributed by atoms with van der Waals surface area (Å²) in [5.74, 6) is 0. The third kappa shape index (κ3) is 3.03. The van der Waals surface area contributed by atoms with E-state index in [1.54, 1.807) is 19.0 Å². The van der Waals surface area contributed by atoms with E-state index in [-0.39, 0.29) is 6.03 Å². The van der Waals surface area contributed by atoms with E-state index >= 15 is 0 Å². The lowest BCUT2D eigenvalue weighted by Crippen LogP contribution is -2.35. The fourth-order valence-electron chi connectivity index (χ4n) is 2.09. The maximum atomic E-state index is 11.8. The highest BCUT2D eigenvalue weighted by Crippen LogP contribution is 2.24. The number of benzene rings is 1. The fourth-order valence-corrected chi connectivity index (χ4v) is 2.09. The first-order valence-electron chi connectivity index (χ1n) is 6.68. The van der Waals surface area contributed by atoms with Crippen molar-refractivity contribution in [3.8, 4) is 0 Å². The molecule has 0 radical (unpaired) electrons. The maximum absolute atomic E-state index is 11.8. The summed E-state index contributed by atoms with van der Waals surface area (Å²) in [7, 11) is 3.59. The van der Waals surface area contributed by atoms with Gasteiger partial charge >= 0.3 is 6.03 Å². The number of aryl methyl sites for hydroxylation is 1. The quantitative estimate of drug-likeness (QED) is 0.748. The van der Waals surface area contributed by atoms with Crippen LogP contribution in [0.5, 0.6) is 0 Å². The zero-order chi connectivity index (χ0) is 13.7.